The van der Waals surface area contributed by atoms with E-state index < -0.39 is 0 Å². The van der Waals surface area contributed by atoms with E-state index in [1.54, 1.807) is 0 Å². The Morgan fingerprint density at radius 3 is 1.09 bits per heavy atom. The maximum Gasteiger partial charge on any atom is 0.0542 e. The molecule has 0 fully saturated rings. The van der Waals surface area contributed by atoms with Crippen LogP contribution in [-0.4, -0.2) is 4.57 Å². The Kier molecular flexibility index (Phi) is 10.2. The van der Waals surface area contributed by atoms with Crippen LogP contribution < -0.4 is 14.7 Å². The maximum absolute atomic E-state index is 2.43. The lowest BCUT2D eigenvalue weighted by atomic mass is 10.0. The minimum atomic E-state index is 1.04. The quantitative estimate of drug-likeness (QED) is 0.129. The first-order valence-corrected chi connectivity index (χ1v) is 21.8. The Bertz CT molecular complexity index is 3120. The standard InChI is InChI=1S/C60H44N4/c1-6-22-45(23-7-1)55-36-16-18-38-58(55)64-59-39-19-17-37-56(59)57-44-54(40-41-60(57)64)63(52-34-20-32-50(42-52)61(46-24-8-2-9-25-46)47-26-10-3-11-27-47)53-35-21-33-51(43-53)62(48-28-12-4-13-29-48)49-30-14-5-15-31-49/h1-44H. The third kappa shape index (κ3) is 7.23. The van der Waals surface area contributed by atoms with Crippen LogP contribution in [0.2, 0.25) is 0 Å². The summed E-state index contributed by atoms with van der Waals surface area (Å²) in [7, 11) is 0. The lowest BCUT2D eigenvalue weighted by Crippen LogP contribution is -2.14. The molecule has 1 aromatic heterocycles. The van der Waals surface area contributed by atoms with E-state index in [1.807, 2.05) is 0 Å². The molecule has 0 atom stereocenters. The minimum Gasteiger partial charge on any atom is -0.310 e. The van der Waals surface area contributed by atoms with Crippen LogP contribution in [0.3, 0.4) is 0 Å². The number of anilines is 9. The lowest BCUT2D eigenvalue weighted by Gasteiger charge is -2.31. The maximum atomic E-state index is 2.43. The number of hydrogen-bond acceptors (Lipinski definition) is 3. The van der Waals surface area contributed by atoms with Gasteiger partial charge in [-0.2, -0.15) is 0 Å². The van der Waals surface area contributed by atoms with Gasteiger partial charge in [0.2, 0.25) is 0 Å². The molecule has 0 aliphatic rings. The van der Waals surface area contributed by atoms with Crippen LogP contribution in [0.15, 0.2) is 267 Å². The third-order valence-corrected chi connectivity index (χ3v) is 11.9. The van der Waals surface area contributed by atoms with E-state index in [-0.39, 0.29) is 0 Å². The average molecular weight is 821 g/mol. The second kappa shape index (κ2) is 17.0. The molecular weight excluding hydrogens is 777 g/mol. The van der Waals surface area contributed by atoms with Gasteiger partial charge < -0.3 is 19.3 Å². The fraction of sp³-hybridized carbons (Fsp3) is 0. The zero-order chi connectivity index (χ0) is 42.7. The topological polar surface area (TPSA) is 14.7 Å². The molecule has 10 aromatic carbocycles. The summed E-state index contributed by atoms with van der Waals surface area (Å²) in [5, 5.41) is 2.38. The second-order valence-corrected chi connectivity index (χ2v) is 15.8. The normalized spacial score (nSPS) is 11.1. The summed E-state index contributed by atoms with van der Waals surface area (Å²) in [6.45, 7) is 0. The van der Waals surface area contributed by atoms with Crippen molar-refractivity contribution in [3.63, 3.8) is 0 Å². The molecule has 0 saturated heterocycles. The summed E-state index contributed by atoms with van der Waals surface area (Å²) in [6.07, 6.45) is 0. The number of para-hydroxylation sites is 6. The summed E-state index contributed by atoms with van der Waals surface area (Å²) in [5.41, 5.74) is 15.4. The average Bonchev–Trinajstić information content (AvgIpc) is 3.70. The largest absolute Gasteiger partial charge is 0.310 e. The summed E-state index contributed by atoms with van der Waals surface area (Å²) in [5.74, 6) is 0. The van der Waals surface area contributed by atoms with E-state index in [4.69, 9.17) is 0 Å². The van der Waals surface area contributed by atoms with Crippen molar-refractivity contribution in [3.05, 3.63) is 267 Å². The van der Waals surface area contributed by atoms with Gasteiger partial charge in [-0.1, -0.05) is 152 Å². The molecule has 0 saturated carbocycles. The molecule has 11 aromatic rings. The van der Waals surface area contributed by atoms with Gasteiger partial charge in [0, 0.05) is 67.5 Å². The highest BCUT2D eigenvalue weighted by Gasteiger charge is 2.22. The molecular formula is C60H44N4. The Hall–Kier alpha value is -8.60. The van der Waals surface area contributed by atoms with E-state index in [0.29, 0.717) is 0 Å². The number of aromatic nitrogens is 1. The van der Waals surface area contributed by atoms with E-state index in [9.17, 15) is 0 Å². The number of rotatable bonds is 11. The van der Waals surface area contributed by atoms with Crippen molar-refractivity contribution in [2.45, 2.75) is 0 Å². The predicted molar refractivity (Wildman–Crippen MR) is 270 cm³/mol. The summed E-state index contributed by atoms with van der Waals surface area (Å²) in [6, 6.07) is 95.4. The van der Waals surface area contributed by atoms with Crippen LogP contribution in [0, 0.1) is 0 Å². The smallest absolute Gasteiger partial charge is 0.0542 e. The molecule has 0 unspecified atom stereocenters. The van der Waals surface area contributed by atoms with Gasteiger partial charge >= 0.3 is 0 Å². The molecule has 4 heteroatoms. The lowest BCUT2D eigenvalue weighted by molar-refractivity contribution is 1.18. The SMILES string of the molecule is c1ccc(-c2ccccc2-n2c3ccccc3c3cc(N(c4cccc(N(c5ccccc5)c5ccccc5)c4)c4cccc(N(c5ccccc5)c5ccccc5)c4)ccc32)cc1. The second-order valence-electron chi connectivity index (χ2n) is 15.8. The highest BCUT2D eigenvalue weighted by Crippen LogP contribution is 2.45. The third-order valence-electron chi connectivity index (χ3n) is 11.9. The molecule has 0 radical (unpaired) electrons. The van der Waals surface area contributed by atoms with Crippen LogP contribution in [0.1, 0.15) is 0 Å². The van der Waals surface area contributed by atoms with Gasteiger partial charge in [0.25, 0.3) is 0 Å². The monoisotopic (exact) mass is 820 g/mol. The fourth-order valence-electron chi connectivity index (χ4n) is 9.08. The van der Waals surface area contributed by atoms with E-state index in [1.165, 1.54) is 21.9 Å². The Labute approximate surface area is 374 Å². The summed E-state index contributed by atoms with van der Waals surface area (Å²) in [4.78, 5) is 7.05. The van der Waals surface area contributed by atoms with Crippen molar-refractivity contribution in [2.75, 3.05) is 14.7 Å². The highest BCUT2D eigenvalue weighted by molar-refractivity contribution is 6.11. The number of fused-ring (bicyclic) bond motifs is 3. The molecule has 64 heavy (non-hydrogen) atoms. The highest BCUT2D eigenvalue weighted by atomic mass is 15.2. The van der Waals surface area contributed by atoms with Gasteiger partial charge in [-0.05, 0) is 121 Å². The zero-order valence-corrected chi connectivity index (χ0v) is 35.2. The molecule has 0 N–H and O–H groups in total. The van der Waals surface area contributed by atoms with E-state index in [2.05, 4.69) is 286 Å². The van der Waals surface area contributed by atoms with Gasteiger partial charge in [0.1, 0.15) is 0 Å². The molecule has 0 bridgehead atoms. The summed E-state index contributed by atoms with van der Waals surface area (Å²) < 4.78 is 2.43. The number of nitrogens with zero attached hydrogens (tertiary/aromatic N) is 4. The van der Waals surface area contributed by atoms with Gasteiger partial charge in [0.15, 0.2) is 0 Å². The van der Waals surface area contributed by atoms with Crippen LogP contribution in [-0.2, 0) is 0 Å². The van der Waals surface area contributed by atoms with Crippen LogP contribution in [0.5, 0.6) is 0 Å². The Morgan fingerprint density at radius 1 is 0.234 bits per heavy atom. The van der Waals surface area contributed by atoms with E-state index >= 15 is 0 Å². The minimum absolute atomic E-state index is 1.04. The first kappa shape index (κ1) is 38.3. The van der Waals surface area contributed by atoms with Crippen molar-refractivity contribution in [2.24, 2.45) is 0 Å². The van der Waals surface area contributed by atoms with Gasteiger partial charge in [-0.3, -0.25) is 0 Å². The predicted octanol–water partition coefficient (Wildman–Crippen LogP) is 16.9. The molecule has 304 valence electrons. The van der Waals surface area contributed by atoms with Crippen LogP contribution >= 0.6 is 0 Å². The van der Waals surface area contributed by atoms with Crippen LogP contribution in [0.25, 0.3) is 38.6 Å². The zero-order valence-electron chi connectivity index (χ0n) is 35.2. The molecule has 4 nitrogen and oxygen atoms in total. The Balaban J connectivity index is 1.13. The fourth-order valence-corrected chi connectivity index (χ4v) is 9.08. The molecule has 0 amide bonds. The molecule has 0 spiro atoms. The van der Waals surface area contributed by atoms with E-state index in [0.717, 1.165) is 67.9 Å². The first-order chi connectivity index (χ1) is 31.8. The number of benzene rings is 10. The summed E-state index contributed by atoms with van der Waals surface area (Å²) >= 11 is 0. The molecule has 11 rings (SSSR count). The van der Waals surface area contributed by atoms with Gasteiger partial charge in [0.05, 0.1) is 16.7 Å². The van der Waals surface area contributed by atoms with Gasteiger partial charge in [-0.25, -0.2) is 0 Å². The van der Waals surface area contributed by atoms with Crippen molar-refractivity contribution < 1.29 is 0 Å². The first-order valence-electron chi connectivity index (χ1n) is 21.8. The number of hydrogen-bond donors (Lipinski definition) is 0. The van der Waals surface area contributed by atoms with Crippen LogP contribution in [0.4, 0.5) is 51.2 Å². The van der Waals surface area contributed by atoms with Crippen molar-refractivity contribution in [1.82, 2.24) is 4.57 Å². The van der Waals surface area contributed by atoms with Crippen molar-refractivity contribution in [3.8, 4) is 16.8 Å². The molecule has 0 aliphatic heterocycles. The van der Waals surface area contributed by atoms with Crippen molar-refractivity contribution >= 4 is 73.0 Å². The Morgan fingerprint density at radius 2 is 0.594 bits per heavy atom. The molecule has 1 heterocycles. The van der Waals surface area contributed by atoms with Crippen molar-refractivity contribution in [1.29, 1.82) is 0 Å². The van der Waals surface area contributed by atoms with Gasteiger partial charge in [-0.15, -0.1) is 0 Å². The molecule has 0 aliphatic carbocycles.